The van der Waals surface area contributed by atoms with Crippen LogP contribution in [0.1, 0.15) is 220 Å². The summed E-state index contributed by atoms with van der Waals surface area (Å²) in [5.74, 6) is -1.31. The van der Waals surface area contributed by atoms with Gasteiger partial charge in [-0.1, -0.05) is 238 Å². The van der Waals surface area contributed by atoms with Crippen molar-refractivity contribution in [2.45, 2.75) is 269 Å². The van der Waals surface area contributed by atoms with Crippen molar-refractivity contribution < 1.29 is 49.3 Å². The molecule has 1 amide bonds. The Morgan fingerprint density at radius 2 is 0.911 bits per heavy atom. The van der Waals surface area contributed by atoms with E-state index in [1.165, 1.54) is 64.2 Å². The maximum Gasteiger partial charge on any atom is 0.306 e. The molecule has 1 saturated heterocycles. The Morgan fingerprint density at radius 3 is 1.39 bits per heavy atom. The number of hydrogen-bond acceptors (Lipinski definition) is 10. The molecule has 79 heavy (non-hydrogen) atoms. The number of esters is 1. The molecular formula is C68H111NO10. The van der Waals surface area contributed by atoms with Crippen molar-refractivity contribution in [1.82, 2.24) is 5.32 Å². The first-order chi connectivity index (χ1) is 38.7. The molecule has 0 radical (unpaired) electrons. The summed E-state index contributed by atoms with van der Waals surface area (Å²) >= 11 is 0. The van der Waals surface area contributed by atoms with Gasteiger partial charge in [-0.15, -0.1) is 0 Å². The van der Waals surface area contributed by atoms with Crippen molar-refractivity contribution in [3.8, 4) is 0 Å². The van der Waals surface area contributed by atoms with Gasteiger partial charge in [0.2, 0.25) is 5.91 Å². The smallest absolute Gasteiger partial charge is 0.306 e. The first-order valence-electron chi connectivity index (χ1n) is 31.0. The van der Waals surface area contributed by atoms with Crippen molar-refractivity contribution in [2.75, 3.05) is 13.2 Å². The minimum absolute atomic E-state index is 0.0484. The zero-order valence-electron chi connectivity index (χ0n) is 49.4. The fourth-order valence-corrected chi connectivity index (χ4v) is 8.65. The quantitative estimate of drug-likeness (QED) is 0.0195. The van der Waals surface area contributed by atoms with Crippen LogP contribution in [-0.4, -0.2) is 99.6 Å². The summed E-state index contributed by atoms with van der Waals surface area (Å²) in [6.07, 6.45) is 66.5. The first kappa shape index (κ1) is 72.8. The minimum Gasteiger partial charge on any atom is -0.454 e. The molecule has 11 heteroatoms. The third-order valence-corrected chi connectivity index (χ3v) is 13.5. The number of aliphatic hydroxyl groups is 5. The molecule has 11 nitrogen and oxygen atoms in total. The van der Waals surface area contributed by atoms with E-state index in [-0.39, 0.29) is 19.4 Å². The second kappa shape index (κ2) is 54.4. The molecular weight excluding hydrogens is 991 g/mol. The molecule has 0 aromatic carbocycles. The molecule has 1 fully saturated rings. The van der Waals surface area contributed by atoms with Gasteiger partial charge in [-0.3, -0.25) is 9.59 Å². The zero-order valence-corrected chi connectivity index (χ0v) is 49.4. The lowest BCUT2D eigenvalue weighted by molar-refractivity contribution is -0.305. The summed E-state index contributed by atoms with van der Waals surface area (Å²) < 4.78 is 17.6. The van der Waals surface area contributed by atoms with E-state index in [0.717, 1.165) is 109 Å². The van der Waals surface area contributed by atoms with Gasteiger partial charge >= 0.3 is 5.97 Å². The summed E-state index contributed by atoms with van der Waals surface area (Å²) in [6, 6.07) is -1.08. The monoisotopic (exact) mass is 1100 g/mol. The maximum absolute atomic E-state index is 13.4. The number of allylic oxidation sites excluding steroid dienone is 20. The van der Waals surface area contributed by atoms with Gasteiger partial charge in [-0.2, -0.15) is 0 Å². The normalized spacial score (nSPS) is 19.8. The van der Waals surface area contributed by atoms with Gasteiger partial charge in [0.05, 0.1) is 25.4 Å². The molecule has 0 saturated carbocycles. The van der Waals surface area contributed by atoms with E-state index in [2.05, 4.69) is 129 Å². The van der Waals surface area contributed by atoms with E-state index >= 15 is 0 Å². The highest BCUT2D eigenvalue weighted by molar-refractivity contribution is 5.81. The number of nitrogens with one attached hydrogen (secondary N) is 1. The predicted octanol–water partition coefficient (Wildman–Crippen LogP) is 14.8. The first-order valence-corrected chi connectivity index (χ1v) is 31.0. The Kier molecular flexibility index (Phi) is 50.1. The summed E-state index contributed by atoms with van der Waals surface area (Å²) in [5.41, 5.74) is 0. The van der Waals surface area contributed by atoms with Gasteiger partial charge in [-0.25, -0.2) is 0 Å². The Balaban J connectivity index is 2.73. The minimum atomic E-state index is -1.64. The molecule has 1 aliphatic heterocycles. The largest absolute Gasteiger partial charge is 0.454 e. The van der Waals surface area contributed by atoms with E-state index in [1.54, 1.807) is 12.2 Å². The number of carbonyl (C=O) groups is 2. The molecule has 1 rings (SSSR count). The third kappa shape index (κ3) is 42.3. The second-order valence-corrected chi connectivity index (χ2v) is 20.7. The van der Waals surface area contributed by atoms with E-state index < -0.39 is 67.4 Å². The van der Waals surface area contributed by atoms with Crippen LogP contribution in [0.2, 0.25) is 0 Å². The average molecular weight is 1100 g/mol. The Bertz CT molecular complexity index is 1790. The molecule has 0 aromatic heterocycles. The molecule has 6 N–H and O–H groups in total. The highest BCUT2D eigenvalue weighted by Crippen LogP contribution is 2.26. The van der Waals surface area contributed by atoms with E-state index in [0.29, 0.717) is 12.8 Å². The van der Waals surface area contributed by atoms with Crippen LogP contribution in [0, 0.1) is 0 Å². The SMILES string of the molecule is CC/C=C\C/C=C\C/C=C\C/C=C\C/C=C\C/C=C\CC(O)C(=O)NC(COC1OC(CO)C(O)C(O)C1OC(=O)CCCCCCC/C=C\C/C=C\C/C=C\C/C=C\CCCCC)C(O)/C=C/CCCCCCCCCCC. The van der Waals surface area contributed by atoms with Crippen molar-refractivity contribution in [2.24, 2.45) is 0 Å². The second-order valence-electron chi connectivity index (χ2n) is 20.7. The van der Waals surface area contributed by atoms with Gasteiger partial charge in [-0.05, 0) is 103 Å². The van der Waals surface area contributed by atoms with Crippen LogP contribution in [0.3, 0.4) is 0 Å². The Morgan fingerprint density at radius 1 is 0.506 bits per heavy atom. The van der Waals surface area contributed by atoms with Crippen molar-refractivity contribution in [3.63, 3.8) is 0 Å². The van der Waals surface area contributed by atoms with Crippen LogP contribution >= 0.6 is 0 Å². The van der Waals surface area contributed by atoms with Crippen molar-refractivity contribution in [3.05, 3.63) is 134 Å². The Labute approximate surface area is 480 Å². The molecule has 0 bridgehead atoms. The molecule has 0 spiro atoms. The van der Waals surface area contributed by atoms with Crippen LogP contribution in [0.25, 0.3) is 0 Å². The lowest BCUT2D eigenvalue weighted by atomic mass is 9.99. The number of carbonyl (C=O) groups excluding carboxylic acids is 2. The summed E-state index contributed by atoms with van der Waals surface area (Å²) in [5, 5.41) is 56.8. The molecule has 8 atom stereocenters. The highest BCUT2D eigenvalue weighted by Gasteiger charge is 2.47. The summed E-state index contributed by atoms with van der Waals surface area (Å²) in [4.78, 5) is 26.5. The molecule has 8 unspecified atom stereocenters. The number of amides is 1. The van der Waals surface area contributed by atoms with E-state index in [9.17, 15) is 35.1 Å². The number of hydrogen-bond donors (Lipinski definition) is 6. The molecule has 1 heterocycles. The van der Waals surface area contributed by atoms with Crippen LogP contribution < -0.4 is 5.32 Å². The molecule has 448 valence electrons. The molecule has 0 aromatic rings. The highest BCUT2D eigenvalue weighted by atomic mass is 16.7. The third-order valence-electron chi connectivity index (χ3n) is 13.5. The van der Waals surface area contributed by atoms with E-state index in [1.807, 2.05) is 18.2 Å². The van der Waals surface area contributed by atoms with Gasteiger partial charge in [0.1, 0.15) is 24.4 Å². The van der Waals surface area contributed by atoms with Crippen molar-refractivity contribution >= 4 is 11.9 Å². The molecule has 1 aliphatic rings. The number of ether oxygens (including phenoxy) is 3. The standard InChI is InChI=1S/C68H111NO10/c1-4-7-10-13-16-19-22-24-26-28-30-31-32-34-36-38-41-44-47-50-53-56-63(73)79-66-65(75)64(74)62(57-70)78-68(66)77-58-59(60(71)54-51-48-45-42-39-21-18-15-12-9-6-3)69-67(76)61(72)55-52-49-46-43-40-37-35-33-29-27-25-23-20-17-14-11-8-5-2/h8,11,16-17,19-20,24-27,30-31,33-36,40,43,49,51-52,54,59-62,64-66,68,70-72,74-75H,4-7,9-10,12-15,18,21-23,28-29,32,37-39,41-42,44-48,50,53,55-58H2,1-3H3,(H,69,76)/b11-8-,19-16-,20-17-,26-24-,27-25-,31-30-,35-33-,36-34-,43-40-,52-49-,54-51+. The average Bonchev–Trinajstić information content (AvgIpc) is 3.45. The van der Waals surface area contributed by atoms with Gasteiger partial charge in [0.15, 0.2) is 12.4 Å². The zero-order chi connectivity index (χ0) is 57.5. The summed E-state index contributed by atoms with van der Waals surface area (Å²) in [7, 11) is 0. The van der Waals surface area contributed by atoms with Crippen LogP contribution in [0.15, 0.2) is 134 Å². The predicted molar refractivity (Wildman–Crippen MR) is 328 cm³/mol. The van der Waals surface area contributed by atoms with Gasteiger partial charge < -0.3 is 45.1 Å². The number of unbranched alkanes of at least 4 members (excludes halogenated alkanes) is 17. The van der Waals surface area contributed by atoms with Gasteiger partial charge in [0, 0.05) is 12.8 Å². The topological polar surface area (TPSA) is 175 Å². The Hall–Kier alpha value is -4.20. The fourth-order valence-electron chi connectivity index (χ4n) is 8.65. The van der Waals surface area contributed by atoms with Crippen LogP contribution in [0.4, 0.5) is 0 Å². The fraction of sp³-hybridized carbons (Fsp3) is 0.647. The lowest BCUT2D eigenvalue weighted by Gasteiger charge is -2.41. The lowest BCUT2D eigenvalue weighted by Crippen LogP contribution is -2.61. The summed E-state index contributed by atoms with van der Waals surface area (Å²) in [6.45, 7) is 5.56. The number of aliphatic hydroxyl groups excluding tert-OH is 5. The van der Waals surface area contributed by atoms with Gasteiger partial charge in [0.25, 0.3) is 0 Å². The molecule has 0 aliphatic carbocycles. The van der Waals surface area contributed by atoms with Crippen LogP contribution in [0.5, 0.6) is 0 Å². The van der Waals surface area contributed by atoms with E-state index in [4.69, 9.17) is 14.2 Å². The number of rotatable bonds is 50. The van der Waals surface area contributed by atoms with Crippen LogP contribution in [-0.2, 0) is 23.8 Å². The maximum atomic E-state index is 13.4. The van der Waals surface area contributed by atoms with Crippen molar-refractivity contribution in [1.29, 1.82) is 0 Å².